The predicted octanol–water partition coefficient (Wildman–Crippen LogP) is 7.05. The van der Waals surface area contributed by atoms with Gasteiger partial charge in [0.25, 0.3) is 0 Å². The summed E-state index contributed by atoms with van der Waals surface area (Å²) in [5.74, 6) is 4.28. The van der Waals surface area contributed by atoms with Gasteiger partial charge in [-0.05, 0) is 5.92 Å². The van der Waals surface area contributed by atoms with Crippen LogP contribution >= 0.6 is 0 Å². The van der Waals surface area contributed by atoms with Crippen molar-refractivity contribution in [3.63, 3.8) is 0 Å². The smallest absolute Gasteiger partial charge is 0.0319 e. The van der Waals surface area contributed by atoms with Crippen LogP contribution in [0.25, 0.3) is 0 Å². The molecule has 0 spiro atoms. The van der Waals surface area contributed by atoms with Gasteiger partial charge in [-0.25, -0.2) is 0 Å². The molecule has 26 heavy (non-hydrogen) atoms. The van der Waals surface area contributed by atoms with Crippen molar-refractivity contribution in [3.05, 3.63) is 12.8 Å². The molecule has 2 nitrogen and oxygen atoms in total. The van der Waals surface area contributed by atoms with Crippen LogP contribution in [0, 0.1) is 42.4 Å². The van der Waals surface area contributed by atoms with Crippen LogP contribution in [0.15, 0.2) is 3.34 Å². The molecule has 0 heterocycles. The number of nitrogens with zero attached hydrogens (tertiary/aromatic N) is 1. The molecule has 2 fully saturated rings. The van der Waals surface area contributed by atoms with Crippen molar-refractivity contribution in [3.8, 4) is 0 Å². The first-order chi connectivity index (χ1) is 12.2. The largest absolute Gasteiger partial charge is 0.400 e. The Balaban J connectivity index is 0. The van der Waals surface area contributed by atoms with Gasteiger partial charge >= 0.3 is 57.0 Å². The second kappa shape index (κ2) is 16.5. The molecular formula is C23H47NOTa-2. The van der Waals surface area contributed by atoms with E-state index < -0.39 is 0 Å². The van der Waals surface area contributed by atoms with E-state index in [1.807, 2.05) is 0 Å². The van der Waals surface area contributed by atoms with Gasteiger partial charge in [0, 0.05) is 7.11 Å². The van der Waals surface area contributed by atoms with Crippen LogP contribution in [0.1, 0.15) is 93.9 Å². The first kappa shape index (κ1) is 28.7. The fourth-order valence-corrected chi connectivity index (χ4v) is 3.74. The van der Waals surface area contributed by atoms with Crippen LogP contribution < -0.4 is 0 Å². The van der Waals surface area contributed by atoms with Crippen molar-refractivity contribution in [2.24, 2.45) is 32.9 Å². The number of hydrogen-bond acceptors (Lipinski definition) is 2. The van der Waals surface area contributed by atoms with E-state index in [0.717, 1.165) is 64.0 Å². The third-order valence-electron chi connectivity index (χ3n) is 6.38. The predicted molar refractivity (Wildman–Crippen MR) is 112 cm³/mol. The summed E-state index contributed by atoms with van der Waals surface area (Å²) in [7, 11) is 1.00. The van der Waals surface area contributed by atoms with E-state index in [9.17, 15) is 0 Å². The first-order valence-electron chi connectivity index (χ1n) is 10.6. The monoisotopic (exact) mass is 534 g/mol. The molecule has 0 saturated heterocycles. The van der Waals surface area contributed by atoms with Gasteiger partial charge in [-0.3, -0.25) is 0 Å². The summed E-state index contributed by atoms with van der Waals surface area (Å²) in [5, 5.41) is 7.00. The van der Waals surface area contributed by atoms with Crippen LogP contribution in [0.2, 0.25) is 0 Å². The van der Waals surface area contributed by atoms with Crippen molar-refractivity contribution in [2.45, 2.75) is 99.5 Å². The van der Waals surface area contributed by atoms with E-state index in [1.165, 1.54) is 32.1 Å². The van der Waals surface area contributed by atoms with Crippen molar-refractivity contribution in [2.75, 3.05) is 7.11 Å². The van der Waals surface area contributed by atoms with Gasteiger partial charge in [-0.1, -0.05) is 65.7 Å². The van der Waals surface area contributed by atoms with Crippen LogP contribution in [-0.2, 0) is 20.9 Å². The maximum absolute atomic E-state index is 7.00. The number of aliphatic hydroxyl groups is 1. The molecule has 2 rings (SSSR count). The van der Waals surface area contributed by atoms with E-state index in [-0.39, 0.29) is 5.54 Å². The van der Waals surface area contributed by atoms with E-state index in [1.54, 1.807) is 0 Å². The third kappa shape index (κ3) is 12.8. The van der Waals surface area contributed by atoms with Crippen molar-refractivity contribution < 1.29 is 26.0 Å². The zero-order valence-corrected chi connectivity index (χ0v) is 22.3. The molecule has 3 heteroatoms. The van der Waals surface area contributed by atoms with Gasteiger partial charge < -0.3 is 17.9 Å². The molecule has 2 aliphatic rings. The summed E-state index contributed by atoms with van der Waals surface area (Å²) >= 11 is 1.16. The average molecular weight is 535 g/mol. The minimum absolute atomic E-state index is 0.258. The molecule has 4 unspecified atom stereocenters. The van der Waals surface area contributed by atoms with Gasteiger partial charge in [0.1, 0.15) is 0 Å². The van der Waals surface area contributed by atoms with Crippen LogP contribution in [-0.4, -0.2) is 17.8 Å². The van der Waals surface area contributed by atoms with Gasteiger partial charge in [0.2, 0.25) is 0 Å². The molecule has 2 saturated carbocycles. The molecule has 0 aliphatic heterocycles. The van der Waals surface area contributed by atoms with Gasteiger partial charge in [-0.15, -0.1) is 0 Å². The Morgan fingerprint density at radius 1 is 0.885 bits per heavy atom. The van der Waals surface area contributed by atoms with E-state index >= 15 is 0 Å². The van der Waals surface area contributed by atoms with Crippen molar-refractivity contribution in [1.29, 1.82) is 0 Å². The summed E-state index contributed by atoms with van der Waals surface area (Å²) < 4.78 is 4.25. The number of aliphatic hydroxyl groups excluding tert-OH is 1. The Morgan fingerprint density at radius 2 is 1.31 bits per heavy atom. The topological polar surface area (TPSA) is 32.6 Å². The van der Waals surface area contributed by atoms with Gasteiger partial charge in [-0.2, -0.15) is 24.7 Å². The third-order valence-corrected chi connectivity index (χ3v) is 8.32. The Hall–Kier alpha value is 0.500. The maximum Gasteiger partial charge on any atom is 0.0319 e. The summed E-state index contributed by atoms with van der Waals surface area (Å²) in [6.07, 6.45) is 13.2. The Kier molecular flexibility index (Phi) is 18.2. The van der Waals surface area contributed by atoms with E-state index in [4.69, 9.17) is 5.11 Å². The minimum atomic E-state index is 0.258. The Bertz CT molecular complexity index is 303. The number of hydrogen-bond donors (Lipinski definition) is 1. The fourth-order valence-electron chi connectivity index (χ4n) is 3.23. The Labute approximate surface area is 178 Å². The van der Waals surface area contributed by atoms with Crippen molar-refractivity contribution >= 4 is 0 Å². The molecule has 0 aromatic carbocycles. The average Bonchev–Trinajstić information content (AvgIpc) is 2.68. The molecular weight excluding hydrogens is 487 g/mol. The quantitative estimate of drug-likeness (QED) is 0.378. The molecule has 2 aliphatic carbocycles. The molecule has 4 atom stereocenters. The molecule has 1 N–H and O–H groups in total. The van der Waals surface area contributed by atoms with E-state index in [2.05, 4.69) is 71.6 Å². The molecule has 0 aromatic heterocycles. The standard InChI is InChI=1S/C11H21.C6H11.C5H11N.CH4O.Ta/c1-7-6-8(2)10(4)11(5)9(7)3;1-2-4-6-5-3-1;1-4-5(2,3)6;1-2;/h6-11H,1-5H3;1H,2-6H2;4H2,1-3H3;2H,1H3;/q2*-1;;;. The summed E-state index contributed by atoms with van der Waals surface area (Å²) in [6.45, 7) is 18.3. The molecule has 0 amide bonds. The summed E-state index contributed by atoms with van der Waals surface area (Å²) in [5.41, 5.74) is 0.258. The number of rotatable bonds is 2. The molecule has 157 valence electrons. The fraction of sp³-hybridized carbons (Fsp3) is 0.913. The van der Waals surface area contributed by atoms with Crippen LogP contribution in [0.5, 0.6) is 0 Å². The SMILES string of the molecule is CC1[CH-]C(C)C(C)C(C)C1C.CCC(C)(C)[N]=[Ta].CO.[CH-]1CCCCC1. The maximum atomic E-state index is 7.00. The normalized spacial score (nSPS) is 31.0. The minimum Gasteiger partial charge on any atom is -0.400 e. The summed E-state index contributed by atoms with van der Waals surface area (Å²) in [6, 6.07) is 0. The first-order valence-corrected chi connectivity index (χ1v) is 12.1. The van der Waals surface area contributed by atoms with Crippen LogP contribution in [0.4, 0.5) is 0 Å². The van der Waals surface area contributed by atoms with E-state index in [0.29, 0.717) is 0 Å². The Morgan fingerprint density at radius 3 is 1.50 bits per heavy atom. The molecule has 0 bridgehead atoms. The van der Waals surface area contributed by atoms with Gasteiger partial charge in [0.15, 0.2) is 0 Å². The molecule has 0 radical (unpaired) electrons. The summed E-state index contributed by atoms with van der Waals surface area (Å²) in [4.78, 5) is 0. The zero-order chi connectivity index (χ0) is 20.8. The zero-order valence-electron chi connectivity index (χ0n) is 19.1. The second-order valence-corrected chi connectivity index (χ2v) is 9.40. The van der Waals surface area contributed by atoms with Crippen molar-refractivity contribution in [1.82, 2.24) is 0 Å². The van der Waals surface area contributed by atoms with Gasteiger partial charge in [0.05, 0.1) is 0 Å². The van der Waals surface area contributed by atoms with Crippen LogP contribution in [0.3, 0.4) is 0 Å². The molecule has 0 aromatic rings. The second-order valence-electron chi connectivity index (χ2n) is 8.68.